The summed E-state index contributed by atoms with van der Waals surface area (Å²) in [5.74, 6) is -0.885. The molecule has 0 unspecified atom stereocenters. The molecule has 1 saturated carbocycles. The fourth-order valence-corrected chi connectivity index (χ4v) is 5.58. The van der Waals surface area contributed by atoms with Crippen molar-refractivity contribution in [1.29, 1.82) is 0 Å². The molecule has 43 heavy (non-hydrogen) atoms. The third-order valence-electron chi connectivity index (χ3n) is 8.00. The standard InChI is InChI=1S/C34H46N4O5/c1-22-17-18-23(19-25(22)31(41)43-34(5,6)7)35-32(42)36-26-20-37(24-13-9-8-10-14-24)27-15-11-12-16-28(27)38(30(26)40)21-29(39)33(2,3)4/h11-12,15-19,24,26H,8-10,13-14,20-21H2,1-7H3,(H2,35,36,42)/t26-/m1/s1. The topological polar surface area (TPSA) is 108 Å². The van der Waals surface area contributed by atoms with Crippen LogP contribution in [-0.2, 0) is 14.3 Å². The number of amides is 3. The molecule has 1 heterocycles. The van der Waals surface area contributed by atoms with Crippen LogP contribution in [0.15, 0.2) is 42.5 Å². The van der Waals surface area contributed by atoms with Crippen molar-refractivity contribution < 1.29 is 23.9 Å². The first-order valence-corrected chi connectivity index (χ1v) is 15.3. The van der Waals surface area contributed by atoms with Gasteiger partial charge in [0.25, 0.3) is 5.91 Å². The van der Waals surface area contributed by atoms with Gasteiger partial charge in [0.15, 0.2) is 5.78 Å². The molecule has 2 aliphatic rings. The number of aryl methyl sites for hydroxylation is 1. The van der Waals surface area contributed by atoms with Crippen LogP contribution in [0.2, 0.25) is 0 Å². The van der Waals surface area contributed by atoms with E-state index in [4.69, 9.17) is 4.74 Å². The van der Waals surface area contributed by atoms with E-state index in [2.05, 4.69) is 15.5 Å². The van der Waals surface area contributed by atoms with E-state index in [-0.39, 0.29) is 30.8 Å². The second-order valence-corrected chi connectivity index (χ2v) is 13.7. The van der Waals surface area contributed by atoms with E-state index in [0.29, 0.717) is 16.9 Å². The molecular formula is C34H46N4O5. The molecule has 0 spiro atoms. The number of nitrogens with zero attached hydrogens (tertiary/aromatic N) is 2. The lowest BCUT2D eigenvalue weighted by molar-refractivity contribution is -0.127. The maximum Gasteiger partial charge on any atom is 0.338 e. The van der Waals surface area contributed by atoms with E-state index >= 15 is 0 Å². The highest BCUT2D eigenvalue weighted by atomic mass is 16.6. The number of para-hydroxylation sites is 2. The second-order valence-electron chi connectivity index (χ2n) is 13.7. The number of fused-ring (bicyclic) bond motifs is 1. The van der Waals surface area contributed by atoms with Crippen LogP contribution in [0.5, 0.6) is 0 Å². The fourth-order valence-electron chi connectivity index (χ4n) is 5.58. The highest BCUT2D eigenvalue weighted by Crippen LogP contribution is 2.37. The summed E-state index contributed by atoms with van der Waals surface area (Å²) in [6, 6.07) is 11.5. The molecule has 0 bridgehead atoms. The van der Waals surface area contributed by atoms with E-state index in [0.717, 1.165) is 36.9 Å². The number of urea groups is 1. The van der Waals surface area contributed by atoms with Crippen molar-refractivity contribution in [3.8, 4) is 0 Å². The van der Waals surface area contributed by atoms with Crippen molar-refractivity contribution in [1.82, 2.24) is 5.32 Å². The fraction of sp³-hybridized carbons (Fsp3) is 0.529. The third-order valence-corrected chi connectivity index (χ3v) is 8.00. The van der Waals surface area contributed by atoms with E-state index in [9.17, 15) is 19.2 Å². The number of carbonyl (C=O) groups excluding carboxylic acids is 4. The highest BCUT2D eigenvalue weighted by molar-refractivity contribution is 6.08. The van der Waals surface area contributed by atoms with Gasteiger partial charge < -0.3 is 25.2 Å². The first kappa shape index (κ1) is 32.0. The molecule has 2 aromatic carbocycles. The number of Topliss-reactive ketones (excluding diaryl/α,β-unsaturated/α-hetero) is 1. The Kier molecular flexibility index (Phi) is 9.52. The average Bonchev–Trinajstić information content (AvgIpc) is 3.03. The summed E-state index contributed by atoms with van der Waals surface area (Å²) >= 11 is 0. The number of nitrogens with one attached hydrogen (secondary N) is 2. The van der Waals surface area contributed by atoms with E-state index in [1.807, 2.05) is 45.0 Å². The second kappa shape index (κ2) is 12.8. The molecule has 2 N–H and O–H groups in total. The zero-order valence-corrected chi connectivity index (χ0v) is 26.6. The van der Waals surface area contributed by atoms with Gasteiger partial charge in [0.05, 0.1) is 23.5 Å². The predicted molar refractivity (Wildman–Crippen MR) is 170 cm³/mol. The van der Waals surface area contributed by atoms with Gasteiger partial charge in [-0.15, -0.1) is 0 Å². The number of anilines is 3. The van der Waals surface area contributed by atoms with Gasteiger partial charge in [-0.1, -0.05) is 58.2 Å². The lowest BCUT2D eigenvalue weighted by Crippen LogP contribution is -2.55. The molecule has 9 heteroatoms. The van der Waals surface area contributed by atoms with E-state index < -0.39 is 29.1 Å². The summed E-state index contributed by atoms with van der Waals surface area (Å²) in [6.45, 7) is 12.9. The summed E-state index contributed by atoms with van der Waals surface area (Å²) in [4.78, 5) is 57.3. The molecule has 3 amide bonds. The Morgan fingerprint density at radius 1 is 0.930 bits per heavy atom. The Morgan fingerprint density at radius 2 is 1.58 bits per heavy atom. The number of carbonyl (C=O) groups is 4. The van der Waals surface area contributed by atoms with Crippen molar-refractivity contribution in [2.75, 3.05) is 28.2 Å². The maximum atomic E-state index is 14.2. The quantitative estimate of drug-likeness (QED) is 0.386. The number of ether oxygens (including phenoxy) is 1. The monoisotopic (exact) mass is 590 g/mol. The number of esters is 1. The van der Waals surface area contributed by atoms with Gasteiger partial charge in [-0.2, -0.15) is 0 Å². The Hall–Kier alpha value is -3.88. The largest absolute Gasteiger partial charge is 0.456 e. The molecule has 4 rings (SSSR count). The van der Waals surface area contributed by atoms with Crippen molar-refractivity contribution in [3.63, 3.8) is 0 Å². The first-order valence-electron chi connectivity index (χ1n) is 15.3. The molecule has 1 aliphatic heterocycles. The van der Waals surface area contributed by atoms with Gasteiger partial charge >= 0.3 is 12.0 Å². The zero-order valence-electron chi connectivity index (χ0n) is 26.6. The third kappa shape index (κ3) is 7.94. The minimum atomic E-state index is -0.905. The predicted octanol–water partition coefficient (Wildman–Crippen LogP) is 6.24. The Bertz CT molecular complexity index is 1370. The van der Waals surface area contributed by atoms with Gasteiger partial charge in [0.2, 0.25) is 0 Å². The molecule has 9 nitrogen and oxygen atoms in total. The number of benzene rings is 2. The molecule has 2 aromatic rings. The molecule has 0 aromatic heterocycles. The number of hydrogen-bond acceptors (Lipinski definition) is 6. The summed E-state index contributed by atoms with van der Waals surface area (Å²) in [6.07, 6.45) is 5.40. The smallest absolute Gasteiger partial charge is 0.338 e. The van der Waals surface area contributed by atoms with E-state index in [1.54, 1.807) is 45.9 Å². The number of hydrogen-bond donors (Lipinski definition) is 2. The number of rotatable bonds is 6. The average molecular weight is 591 g/mol. The Balaban J connectivity index is 1.62. The highest BCUT2D eigenvalue weighted by Gasteiger charge is 2.39. The number of ketones is 1. The minimum Gasteiger partial charge on any atom is -0.456 e. The van der Waals surface area contributed by atoms with Gasteiger partial charge in [0.1, 0.15) is 11.6 Å². The minimum absolute atomic E-state index is 0.0701. The summed E-state index contributed by atoms with van der Waals surface area (Å²) in [7, 11) is 0. The Morgan fingerprint density at radius 3 is 2.21 bits per heavy atom. The van der Waals surface area contributed by atoms with Crippen LogP contribution >= 0.6 is 0 Å². The van der Waals surface area contributed by atoms with Crippen molar-refractivity contribution >= 4 is 40.8 Å². The van der Waals surface area contributed by atoms with Crippen LogP contribution in [0.4, 0.5) is 21.9 Å². The van der Waals surface area contributed by atoms with Gasteiger partial charge in [-0.05, 0) is 70.4 Å². The summed E-state index contributed by atoms with van der Waals surface area (Å²) < 4.78 is 5.53. The lowest BCUT2D eigenvalue weighted by atomic mass is 9.90. The van der Waals surface area contributed by atoms with Crippen LogP contribution in [0.25, 0.3) is 0 Å². The van der Waals surface area contributed by atoms with Gasteiger partial charge in [0, 0.05) is 23.7 Å². The molecule has 232 valence electrons. The van der Waals surface area contributed by atoms with Crippen LogP contribution in [0.3, 0.4) is 0 Å². The van der Waals surface area contributed by atoms with Crippen molar-refractivity contribution in [2.24, 2.45) is 5.41 Å². The molecule has 0 saturated heterocycles. The van der Waals surface area contributed by atoms with Crippen LogP contribution < -0.4 is 20.4 Å². The Labute approximate surface area is 255 Å². The van der Waals surface area contributed by atoms with Crippen molar-refractivity contribution in [2.45, 2.75) is 98.3 Å². The first-order chi connectivity index (χ1) is 20.1. The van der Waals surface area contributed by atoms with Crippen molar-refractivity contribution in [3.05, 3.63) is 53.6 Å². The molecule has 1 atom stereocenters. The van der Waals surface area contributed by atoms with Crippen LogP contribution in [0, 0.1) is 12.3 Å². The van der Waals surface area contributed by atoms with Gasteiger partial charge in [-0.25, -0.2) is 9.59 Å². The summed E-state index contributed by atoms with van der Waals surface area (Å²) in [5, 5.41) is 5.69. The molecule has 0 radical (unpaired) electrons. The normalized spacial score (nSPS) is 18.0. The zero-order chi connectivity index (χ0) is 31.5. The molecular weight excluding hydrogens is 544 g/mol. The SMILES string of the molecule is Cc1ccc(NC(=O)N[C@@H]2CN(C3CCCCC3)c3ccccc3N(CC(=O)C(C)(C)C)C2=O)cc1C(=O)OC(C)(C)C. The van der Waals surface area contributed by atoms with Gasteiger partial charge in [-0.3, -0.25) is 9.59 Å². The van der Waals surface area contributed by atoms with Crippen LogP contribution in [0.1, 0.15) is 89.6 Å². The van der Waals surface area contributed by atoms with Crippen LogP contribution in [-0.4, -0.2) is 54.5 Å². The molecule has 1 aliphatic carbocycles. The maximum absolute atomic E-state index is 14.2. The van der Waals surface area contributed by atoms with E-state index in [1.165, 1.54) is 11.3 Å². The molecule has 1 fully saturated rings. The summed E-state index contributed by atoms with van der Waals surface area (Å²) in [5.41, 5.74) is 1.75. The lowest BCUT2D eigenvalue weighted by Gasteiger charge is -2.37.